The number of aromatic nitrogens is 2. The first-order chi connectivity index (χ1) is 13.8. The average Bonchev–Trinajstić information content (AvgIpc) is 3.31. The van der Waals surface area contributed by atoms with E-state index in [0.29, 0.717) is 23.5 Å². The van der Waals surface area contributed by atoms with Gasteiger partial charge in [-0.3, -0.25) is 14.2 Å². The van der Waals surface area contributed by atoms with Crippen LogP contribution in [0.2, 0.25) is 0 Å². The molecule has 2 aromatic rings. The average molecular weight is 434 g/mol. The molecule has 2 unspecified atom stereocenters. The second kappa shape index (κ2) is 8.42. The van der Waals surface area contributed by atoms with E-state index in [9.17, 15) is 9.59 Å². The predicted molar refractivity (Wildman–Crippen MR) is 121 cm³/mol. The number of thiophene rings is 1. The standard InChI is InChI=1S/C22H31N3O2S2/c1-13(2)12-25-21(27)18-16-8-7-14(3)11-17(16)29-19(18)23-22(25)28-15(4)20(26)24-9-5-6-10-24/h13-15H,5-12H2,1-4H3. The van der Waals surface area contributed by atoms with Gasteiger partial charge in [0, 0.05) is 24.5 Å². The van der Waals surface area contributed by atoms with Crippen molar-refractivity contribution in [2.45, 2.75) is 76.8 Å². The SMILES string of the molecule is CC(C)Cn1c(SC(C)C(=O)N2CCCC2)nc2sc3c(c2c1=O)CCC(C)C3. The van der Waals surface area contributed by atoms with Gasteiger partial charge in [-0.2, -0.15) is 0 Å². The van der Waals surface area contributed by atoms with Crippen LogP contribution in [-0.2, 0) is 24.2 Å². The quantitative estimate of drug-likeness (QED) is 0.520. The fourth-order valence-corrected chi connectivity index (χ4v) is 6.85. The van der Waals surface area contributed by atoms with Gasteiger partial charge in [0.2, 0.25) is 5.91 Å². The number of thioether (sulfide) groups is 1. The Bertz CT molecular complexity index is 973. The van der Waals surface area contributed by atoms with Gasteiger partial charge in [0.05, 0.1) is 10.6 Å². The zero-order chi connectivity index (χ0) is 20.7. The molecule has 1 amide bonds. The molecule has 5 nitrogen and oxygen atoms in total. The van der Waals surface area contributed by atoms with E-state index in [0.717, 1.165) is 55.4 Å². The molecule has 158 valence electrons. The van der Waals surface area contributed by atoms with Crippen molar-refractivity contribution in [3.05, 3.63) is 20.8 Å². The third-order valence-corrected chi connectivity index (χ3v) is 8.20. The Labute approximate surface area is 180 Å². The van der Waals surface area contributed by atoms with Crippen LogP contribution in [0.3, 0.4) is 0 Å². The Morgan fingerprint density at radius 1 is 1.28 bits per heavy atom. The molecule has 0 N–H and O–H groups in total. The molecule has 0 aromatic carbocycles. The molecule has 2 atom stereocenters. The molecule has 7 heteroatoms. The monoisotopic (exact) mass is 433 g/mol. The van der Waals surface area contributed by atoms with Crippen LogP contribution in [0.1, 0.15) is 57.4 Å². The second-order valence-corrected chi connectivity index (χ2v) is 11.4. The molecule has 2 aromatic heterocycles. The van der Waals surface area contributed by atoms with Crippen LogP contribution in [-0.4, -0.2) is 38.7 Å². The first kappa shape index (κ1) is 20.9. The molecule has 2 aliphatic rings. The molecule has 0 radical (unpaired) electrons. The molecule has 0 spiro atoms. The molecule has 0 saturated carbocycles. The lowest BCUT2D eigenvalue weighted by molar-refractivity contribution is -0.129. The Morgan fingerprint density at radius 2 is 2.00 bits per heavy atom. The highest BCUT2D eigenvalue weighted by Gasteiger charge is 2.28. The number of likely N-dealkylation sites (tertiary alicyclic amines) is 1. The summed E-state index contributed by atoms with van der Waals surface area (Å²) >= 11 is 3.14. The normalized spacial score (nSPS) is 20.4. The van der Waals surface area contributed by atoms with Gasteiger partial charge < -0.3 is 4.90 Å². The van der Waals surface area contributed by atoms with E-state index >= 15 is 0 Å². The lowest BCUT2D eigenvalue weighted by Crippen LogP contribution is -2.35. The van der Waals surface area contributed by atoms with Gasteiger partial charge in [0.1, 0.15) is 4.83 Å². The van der Waals surface area contributed by atoms with Crippen LogP contribution in [0.25, 0.3) is 10.2 Å². The molecule has 29 heavy (non-hydrogen) atoms. The molecule has 3 heterocycles. The lowest BCUT2D eigenvalue weighted by Gasteiger charge is -2.21. The van der Waals surface area contributed by atoms with E-state index in [1.165, 1.54) is 22.2 Å². The number of aryl methyl sites for hydroxylation is 1. The van der Waals surface area contributed by atoms with Gasteiger partial charge >= 0.3 is 0 Å². The highest BCUT2D eigenvalue weighted by molar-refractivity contribution is 8.00. The molecule has 1 saturated heterocycles. The van der Waals surface area contributed by atoms with Crippen LogP contribution in [0.5, 0.6) is 0 Å². The van der Waals surface area contributed by atoms with Crippen molar-refractivity contribution in [2.75, 3.05) is 13.1 Å². The number of carbonyl (C=O) groups excluding carboxylic acids is 1. The minimum absolute atomic E-state index is 0.0825. The Balaban J connectivity index is 1.73. The van der Waals surface area contributed by atoms with Crippen molar-refractivity contribution >= 4 is 39.2 Å². The van der Waals surface area contributed by atoms with E-state index in [4.69, 9.17) is 4.98 Å². The van der Waals surface area contributed by atoms with E-state index < -0.39 is 0 Å². The maximum absolute atomic E-state index is 13.5. The smallest absolute Gasteiger partial charge is 0.263 e. The number of carbonyl (C=O) groups is 1. The predicted octanol–water partition coefficient (Wildman–Crippen LogP) is 4.34. The summed E-state index contributed by atoms with van der Waals surface area (Å²) in [5.74, 6) is 1.17. The fourth-order valence-electron chi connectivity index (χ4n) is 4.42. The summed E-state index contributed by atoms with van der Waals surface area (Å²) in [6, 6.07) is 0. The van der Waals surface area contributed by atoms with Crippen LogP contribution < -0.4 is 5.56 Å². The molecule has 0 bridgehead atoms. The molecule has 1 aliphatic heterocycles. The van der Waals surface area contributed by atoms with E-state index in [1.54, 1.807) is 11.3 Å². The largest absolute Gasteiger partial charge is 0.342 e. The van der Waals surface area contributed by atoms with Crippen molar-refractivity contribution in [3.8, 4) is 0 Å². The van der Waals surface area contributed by atoms with Crippen molar-refractivity contribution < 1.29 is 4.79 Å². The van der Waals surface area contributed by atoms with Crippen molar-refractivity contribution in [3.63, 3.8) is 0 Å². The van der Waals surface area contributed by atoms with Gasteiger partial charge in [0.15, 0.2) is 5.16 Å². The molecule has 1 fully saturated rings. The van der Waals surface area contributed by atoms with Gasteiger partial charge in [-0.15, -0.1) is 11.3 Å². The molecular weight excluding hydrogens is 402 g/mol. The van der Waals surface area contributed by atoms with Gasteiger partial charge in [-0.05, 0) is 56.4 Å². The third kappa shape index (κ3) is 4.13. The van der Waals surface area contributed by atoms with Gasteiger partial charge in [-0.25, -0.2) is 4.98 Å². The molecule has 1 aliphatic carbocycles. The zero-order valence-corrected chi connectivity index (χ0v) is 19.5. The Morgan fingerprint density at radius 3 is 2.69 bits per heavy atom. The number of fused-ring (bicyclic) bond motifs is 3. The molecular formula is C22H31N3O2S2. The highest BCUT2D eigenvalue weighted by Crippen LogP contribution is 2.37. The number of hydrogen-bond donors (Lipinski definition) is 0. The first-order valence-corrected chi connectivity index (χ1v) is 12.5. The van der Waals surface area contributed by atoms with Crippen molar-refractivity contribution in [1.29, 1.82) is 0 Å². The van der Waals surface area contributed by atoms with Crippen LogP contribution in [0.4, 0.5) is 0 Å². The summed E-state index contributed by atoms with van der Waals surface area (Å²) in [6.07, 6.45) is 5.34. The van der Waals surface area contributed by atoms with Crippen molar-refractivity contribution in [1.82, 2.24) is 14.5 Å². The fraction of sp³-hybridized carbons (Fsp3) is 0.682. The lowest BCUT2D eigenvalue weighted by atomic mass is 9.89. The van der Waals surface area contributed by atoms with Gasteiger partial charge in [0.25, 0.3) is 5.56 Å². The third-order valence-electron chi connectivity index (χ3n) is 5.98. The summed E-state index contributed by atoms with van der Waals surface area (Å²) in [4.78, 5) is 35.4. The van der Waals surface area contributed by atoms with Crippen LogP contribution in [0, 0.1) is 11.8 Å². The number of amides is 1. The number of rotatable bonds is 5. The summed E-state index contributed by atoms with van der Waals surface area (Å²) in [7, 11) is 0. The molecule has 4 rings (SSSR count). The maximum Gasteiger partial charge on any atom is 0.263 e. The van der Waals surface area contributed by atoms with Crippen LogP contribution in [0.15, 0.2) is 9.95 Å². The summed E-state index contributed by atoms with van der Waals surface area (Å²) in [5.41, 5.74) is 1.31. The minimum atomic E-state index is -0.231. The summed E-state index contributed by atoms with van der Waals surface area (Å²) < 4.78 is 1.83. The Kier molecular flexibility index (Phi) is 6.07. The van der Waals surface area contributed by atoms with Gasteiger partial charge in [-0.1, -0.05) is 32.5 Å². The van der Waals surface area contributed by atoms with E-state index in [-0.39, 0.29) is 16.7 Å². The van der Waals surface area contributed by atoms with E-state index in [2.05, 4.69) is 20.8 Å². The number of hydrogen-bond acceptors (Lipinski definition) is 5. The Hall–Kier alpha value is -1.34. The van der Waals surface area contributed by atoms with Crippen LogP contribution >= 0.6 is 23.1 Å². The zero-order valence-electron chi connectivity index (χ0n) is 17.9. The van der Waals surface area contributed by atoms with Crippen molar-refractivity contribution in [2.24, 2.45) is 11.8 Å². The summed E-state index contributed by atoms with van der Waals surface area (Å²) in [5, 5.41) is 1.30. The number of nitrogens with zero attached hydrogens (tertiary/aromatic N) is 3. The highest BCUT2D eigenvalue weighted by atomic mass is 32.2. The maximum atomic E-state index is 13.5. The minimum Gasteiger partial charge on any atom is -0.342 e. The summed E-state index contributed by atoms with van der Waals surface area (Å²) in [6.45, 7) is 10.8. The van der Waals surface area contributed by atoms with E-state index in [1.807, 2.05) is 16.4 Å². The second-order valence-electron chi connectivity index (χ2n) is 9.03. The topological polar surface area (TPSA) is 55.2 Å². The first-order valence-electron chi connectivity index (χ1n) is 10.9.